The van der Waals surface area contributed by atoms with E-state index in [9.17, 15) is 5.11 Å². The maximum Gasteiger partial charge on any atom is 0.0977 e. The van der Waals surface area contributed by atoms with E-state index in [1.807, 2.05) is 12.5 Å². The Labute approximate surface area is 163 Å². The Hall–Kier alpha value is -1.28. The number of aliphatic hydroxyl groups is 1. The molecule has 146 valence electrons. The van der Waals surface area contributed by atoms with Crippen molar-refractivity contribution >= 4 is 5.57 Å². The maximum absolute atomic E-state index is 10.3. The largest absolute Gasteiger partial charge is 0.472 e. The van der Waals surface area contributed by atoms with Crippen LogP contribution in [0.15, 0.2) is 40.7 Å². The van der Waals surface area contributed by atoms with Gasteiger partial charge in [-0.2, -0.15) is 0 Å². The zero-order valence-corrected chi connectivity index (χ0v) is 17.1. The van der Waals surface area contributed by atoms with E-state index in [4.69, 9.17) is 4.42 Å². The molecule has 1 N–H and O–H groups in total. The van der Waals surface area contributed by atoms with E-state index in [0.29, 0.717) is 11.3 Å². The smallest absolute Gasteiger partial charge is 0.0977 e. The van der Waals surface area contributed by atoms with Crippen molar-refractivity contribution in [1.29, 1.82) is 0 Å². The lowest BCUT2D eigenvalue weighted by atomic mass is 9.45. The van der Waals surface area contributed by atoms with E-state index in [-0.39, 0.29) is 11.5 Å². The average molecular weight is 367 g/mol. The molecule has 1 heterocycles. The first-order valence-corrected chi connectivity index (χ1v) is 11.1. The minimum absolute atomic E-state index is 0.118. The van der Waals surface area contributed by atoms with Gasteiger partial charge in [0.2, 0.25) is 0 Å². The second-order valence-electron chi connectivity index (χ2n) is 10.2. The summed E-state index contributed by atoms with van der Waals surface area (Å²) in [7, 11) is 0. The highest BCUT2D eigenvalue weighted by Crippen LogP contribution is 2.67. The fraction of sp³-hybridized carbons (Fsp3) is 0.680. The molecule has 5 rings (SSSR count). The van der Waals surface area contributed by atoms with Crippen LogP contribution >= 0.6 is 0 Å². The van der Waals surface area contributed by atoms with E-state index < -0.39 is 0 Å². The Bertz CT molecular complexity index is 772. The van der Waals surface area contributed by atoms with Gasteiger partial charge < -0.3 is 9.52 Å². The third-order valence-electron chi connectivity index (χ3n) is 9.13. The number of furan rings is 1. The SMILES string of the molecule is CC[C@H]1C=C2C[C@@H](O)CC[C@]2(C)[C@H]2CC[C@]3(C)C(c4ccoc4)=CC[C@H]3[C@H]12. The molecule has 0 aromatic carbocycles. The molecule has 0 unspecified atom stereocenters. The maximum atomic E-state index is 10.3. The summed E-state index contributed by atoms with van der Waals surface area (Å²) in [4.78, 5) is 0. The molecule has 0 spiro atoms. The van der Waals surface area contributed by atoms with Gasteiger partial charge in [-0.05, 0) is 91.1 Å². The molecular formula is C25H34O2. The number of hydrogen-bond acceptors (Lipinski definition) is 2. The summed E-state index contributed by atoms with van der Waals surface area (Å²) in [6, 6.07) is 2.14. The van der Waals surface area contributed by atoms with E-state index in [2.05, 4.69) is 39.0 Å². The highest BCUT2D eigenvalue weighted by molar-refractivity contribution is 5.72. The summed E-state index contributed by atoms with van der Waals surface area (Å²) in [6.45, 7) is 7.42. The molecule has 0 saturated heterocycles. The summed E-state index contributed by atoms with van der Waals surface area (Å²) in [5.41, 5.74) is 5.02. The molecular weight excluding hydrogens is 332 g/mol. The van der Waals surface area contributed by atoms with Crippen LogP contribution in [0.5, 0.6) is 0 Å². The predicted octanol–water partition coefficient (Wildman–Crippen LogP) is 6.23. The second kappa shape index (κ2) is 6.11. The number of rotatable bonds is 2. The Balaban J connectivity index is 1.54. The minimum atomic E-state index is -0.118. The van der Waals surface area contributed by atoms with Crippen LogP contribution in [0.25, 0.3) is 5.57 Å². The molecule has 1 aromatic heterocycles. The van der Waals surface area contributed by atoms with Crippen LogP contribution < -0.4 is 0 Å². The van der Waals surface area contributed by atoms with Crippen molar-refractivity contribution in [2.45, 2.75) is 71.8 Å². The Morgan fingerprint density at radius 2 is 1.96 bits per heavy atom. The fourth-order valence-corrected chi connectivity index (χ4v) is 7.63. The van der Waals surface area contributed by atoms with E-state index in [1.54, 1.807) is 5.57 Å². The third-order valence-corrected chi connectivity index (χ3v) is 9.13. The van der Waals surface area contributed by atoms with Crippen molar-refractivity contribution in [2.75, 3.05) is 0 Å². The van der Waals surface area contributed by atoms with Crippen molar-refractivity contribution in [3.8, 4) is 0 Å². The van der Waals surface area contributed by atoms with Crippen LogP contribution in [0.3, 0.4) is 0 Å². The molecule has 2 saturated carbocycles. The standard InChI is InChI=1S/C25H34O2/c1-4-16-13-18-14-19(26)7-10-24(18,2)22-8-11-25(3)20(17-9-12-27-15-17)5-6-21(25)23(16)22/h5,9,12-13,15-16,19,21-23,26H,4,6-8,10-11,14H2,1-3H3/t16-,19-,21-,22-,23-,24-,25+/m0/s1. The molecule has 4 aliphatic carbocycles. The van der Waals surface area contributed by atoms with Gasteiger partial charge in [0.15, 0.2) is 0 Å². The van der Waals surface area contributed by atoms with Gasteiger partial charge in [-0.15, -0.1) is 0 Å². The predicted molar refractivity (Wildman–Crippen MR) is 109 cm³/mol. The van der Waals surface area contributed by atoms with E-state index in [0.717, 1.165) is 30.6 Å². The zero-order chi connectivity index (χ0) is 18.8. The van der Waals surface area contributed by atoms with Crippen molar-refractivity contribution in [1.82, 2.24) is 0 Å². The first-order chi connectivity index (χ1) is 13.0. The second-order valence-corrected chi connectivity index (χ2v) is 10.2. The number of fused-ring (bicyclic) bond motifs is 5. The minimum Gasteiger partial charge on any atom is -0.472 e. The monoisotopic (exact) mass is 366 g/mol. The van der Waals surface area contributed by atoms with Crippen LogP contribution in [-0.2, 0) is 0 Å². The van der Waals surface area contributed by atoms with Gasteiger partial charge in [-0.25, -0.2) is 0 Å². The first kappa shape index (κ1) is 17.8. The summed E-state index contributed by atoms with van der Waals surface area (Å²) in [5, 5.41) is 10.3. The van der Waals surface area contributed by atoms with Crippen LogP contribution in [0.4, 0.5) is 0 Å². The van der Waals surface area contributed by atoms with Gasteiger partial charge in [0, 0.05) is 5.56 Å². The number of allylic oxidation sites excluding steroid dienone is 3. The molecule has 0 amide bonds. The third kappa shape index (κ3) is 2.41. The normalized spacial score (nSPS) is 46.1. The zero-order valence-electron chi connectivity index (χ0n) is 17.1. The lowest BCUT2D eigenvalue weighted by molar-refractivity contribution is -0.0464. The molecule has 2 heteroatoms. The highest BCUT2D eigenvalue weighted by atomic mass is 16.3. The topological polar surface area (TPSA) is 33.4 Å². The molecule has 4 aliphatic rings. The lowest BCUT2D eigenvalue weighted by Gasteiger charge is -2.59. The molecule has 2 nitrogen and oxygen atoms in total. The van der Waals surface area contributed by atoms with E-state index >= 15 is 0 Å². The molecule has 0 radical (unpaired) electrons. The van der Waals surface area contributed by atoms with Crippen LogP contribution in [-0.4, -0.2) is 11.2 Å². The lowest BCUT2D eigenvalue weighted by Crippen LogP contribution is -2.52. The van der Waals surface area contributed by atoms with Crippen LogP contribution in [0.1, 0.15) is 71.3 Å². The molecule has 0 aliphatic heterocycles. The van der Waals surface area contributed by atoms with Crippen LogP contribution in [0.2, 0.25) is 0 Å². The van der Waals surface area contributed by atoms with Crippen molar-refractivity contribution in [3.63, 3.8) is 0 Å². The fourth-order valence-electron chi connectivity index (χ4n) is 7.63. The van der Waals surface area contributed by atoms with Crippen LogP contribution in [0, 0.1) is 34.5 Å². The van der Waals surface area contributed by atoms with Crippen molar-refractivity contribution in [2.24, 2.45) is 34.5 Å². The molecule has 2 fully saturated rings. The average Bonchev–Trinajstić information content (AvgIpc) is 3.28. The van der Waals surface area contributed by atoms with Gasteiger partial charge >= 0.3 is 0 Å². The van der Waals surface area contributed by atoms with Gasteiger partial charge in [-0.3, -0.25) is 0 Å². The van der Waals surface area contributed by atoms with Crippen molar-refractivity contribution in [3.05, 3.63) is 41.9 Å². The van der Waals surface area contributed by atoms with E-state index in [1.165, 1.54) is 43.2 Å². The molecule has 0 bridgehead atoms. The number of hydrogen-bond donors (Lipinski definition) is 1. The quantitative estimate of drug-likeness (QED) is 0.629. The molecule has 7 atom stereocenters. The summed E-state index contributed by atoms with van der Waals surface area (Å²) >= 11 is 0. The molecule has 27 heavy (non-hydrogen) atoms. The van der Waals surface area contributed by atoms with Gasteiger partial charge in [0.25, 0.3) is 0 Å². The first-order valence-electron chi connectivity index (χ1n) is 11.1. The summed E-state index contributed by atoms with van der Waals surface area (Å²) < 4.78 is 5.42. The van der Waals surface area contributed by atoms with Crippen molar-refractivity contribution < 1.29 is 9.52 Å². The Morgan fingerprint density at radius 1 is 1.15 bits per heavy atom. The highest BCUT2D eigenvalue weighted by Gasteiger charge is 2.58. The summed E-state index contributed by atoms with van der Waals surface area (Å²) in [5.74, 6) is 2.97. The molecule has 1 aromatic rings. The van der Waals surface area contributed by atoms with Gasteiger partial charge in [-0.1, -0.05) is 38.5 Å². The number of aliphatic hydroxyl groups excluding tert-OH is 1. The van der Waals surface area contributed by atoms with Gasteiger partial charge in [0.1, 0.15) is 0 Å². The Morgan fingerprint density at radius 3 is 2.70 bits per heavy atom. The van der Waals surface area contributed by atoms with Gasteiger partial charge in [0.05, 0.1) is 18.6 Å². The summed E-state index contributed by atoms with van der Waals surface area (Å²) in [6.07, 6.45) is 16.9. The Kier molecular flexibility index (Phi) is 4.03.